The van der Waals surface area contributed by atoms with Gasteiger partial charge in [-0.3, -0.25) is 29.5 Å². The maximum absolute atomic E-state index is 13.9. The Kier molecular flexibility index (Phi) is 4.71. The van der Waals surface area contributed by atoms with E-state index in [0.717, 1.165) is 11.0 Å². The van der Waals surface area contributed by atoms with Crippen molar-refractivity contribution >= 4 is 29.1 Å². The Morgan fingerprint density at radius 3 is 2.54 bits per heavy atom. The SMILES string of the molecule is CN(Cc1c(F)cccc1Cl)CN1C(=O)c2ccc([N+](=O)[O-])cc2C1=O. The average molecular weight is 378 g/mol. The highest BCUT2D eigenvalue weighted by atomic mass is 35.5. The number of nitrogens with zero attached hydrogens (tertiary/aromatic N) is 3. The first-order valence-electron chi connectivity index (χ1n) is 7.55. The van der Waals surface area contributed by atoms with Crippen molar-refractivity contribution in [1.29, 1.82) is 0 Å². The van der Waals surface area contributed by atoms with Crippen LogP contribution >= 0.6 is 11.6 Å². The summed E-state index contributed by atoms with van der Waals surface area (Å²) in [5.41, 5.74) is 0.0848. The van der Waals surface area contributed by atoms with Gasteiger partial charge in [0, 0.05) is 29.3 Å². The van der Waals surface area contributed by atoms with Crippen molar-refractivity contribution in [3.05, 3.63) is 74.0 Å². The average Bonchev–Trinajstić information content (AvgIpc) is 2.83. The fraction of sp³-hybridized carbons (Fsp3) is 0.176. The molecule has 0 N–H and O–H groups in total. The second-order valence-corrected chi connectivity index (χ2v) is 6.29. The van der Waals surface area contributed by atoms with Gasteiger partial charge in [-0.2, -0.15) is 0 Å². The van der Waals surface area contributed by atoms with Gasteiger partial charge in [-0.05, 0) is 25.2 Å². The zero-order valence-corrected chi connectivity index (χ0v) is 14.4. The summed E-state index contributed by atoms with van der Waals surface area (Å²) in [7, 11) is 1.61. The van der Waals surface area contributed by atoms with Gasteiger partial charge in [0.15, 0.2) is 0 Å². The van der Waals surface area contributed by atoms with Crippen molar-refractivity contribution in [2.24, 2.45) is 0 Å². The third-order valence-corrected chi connectivity index (χ3v) is 4.39. The van der Waals surface area contributed by atoms with E-state index in [0.29, 0.717) is 0 Å². The predicted octanol–water partition coefficient (Wildman–Crippen LogP) is 3.07. The van der Waals surface area contributed by atoms with E-state index in [1.165, 1.54) is 24.3 Å². The molecule has 1 aliphatic rings. The third kappa shape index (κ3) is 3.16. The number of amides is 2. The van der Waals surface area contributed by atoms with Crippen LogP contribution < -0.4 is 0 Å². The van der Waals surface area contributed by atoms with E-state index in [-0.39, 0.29) is 40.6 Å². The molecule has 7 nitrogen and oxygen atoms in total. The molecule has 2 aromatic carbocycles. The van der Waals surface area contributed by atoms with Crippen LogP contribution in [0.15, 0.2) is 36.4 Å². The molecule has 2 aromatic rings. The first-order valence-corrected chi connectivity index (χ1v) is 7.93. The van der Waals surface area contributed by atoms with Crippen LogP contribution in [0.1, 0.15) is 26.3 Å². The molecule has 0 fully saturated rings. The summed E-state index contributed by atoms with van der Waals surface area (Å²) in [5, 5.41) is 11.1. The van der Waals surface area contributed by atoms with Gasteiger partial charge in [0.05, 0.1) is 22.7 Å². The highest BCUT2D eigenvalue weighted by Crippen LogP contribution is 2.27. The van der Waals surface area contributed by atoms with Gasteiger partial charge in [-0.25, -0.2) is 4.39 Å². The van der Waals surface area contributed by atoms with Crippen molar-refractivity contribution in [2.75, 3.05) is 13.7 Å². The van der Waals surface area contributed by atoms with Gasteiger partial charge in [0.1, 0.15) is 5.82 Å². The standard InChI is InChI=1S/C17H13ClFN3O4/c1-20(8-13-14(18)3-2-4-15(13)19)9-21-16(23)11-6-5-10(22(25)26)7-12(11)17(21)24/h2-7H,8-9H2,1H3. The summed E-state index contributed by atoms with van der Waals surface area (Å²) in [5.74, 6) is -1.66. The highest BCUT2D eigenvalue weighted by molar-refractivity contribution is 6.31. The van der Waals surface area contributed by atoms with Crippen LogP contribution in [0.4, 0.5) is 10.1 Å². The minimum atomic E-state index is -0.632. The molecule has 2 amide bonds. The lowest BCUT2D eigenvalue weighted by Crippen LogP contribution is -2.39. The van der Waals surface area contributed by atoms with E-state index in [1.54, 1.807) is 18.0 Å². The van der Waals surface area contributed by atoms with Gasteiger partial charge in [0.2, 0.25) is 0 Å². The Hall–Kier alpha value is -2.84. The van der Waals surface area contributed by atoms with Crippen LogP contribution in [0.2, 0.25) is 5.02 Å². The molecule has 0 spiro atoms. The second kappa shape index (κ2) is 6.81. The number of hydrogen-bond acceptors (Lipinski definition) is 5. The van der Waals surface area contributed by atoms with Crippen LogP contribution in [-0.2, 0) is 6.54 Å². The van der Waals surface area contributed by atoms with E-state index in [2.05, 4.69) is 0 Å². The van der Waals surface area contributed by atoms with E-state index in [4.69, 9.17) is 11.6 Å². The Morgan fingerprint density at radius 1 is 1.19 bits per heavy atom. The van der Waals surface area contributed by atoms with Crippen molar-refractivity contribution in [3.63, 3.8) is 0 Å². The molecule has 1 heterocycles. The molecule has 0 radical (unpaired) electrons. The zero-order valence-electron chi connectivity index (χ0n) is 13.6. The molecule has 1 aliphatic heterocycles. The van der Waals surface area contributed by atoms with Crippen molar-refractivity contribution in [3.8, 4) is 0 Å². The fourth-order valence-electron chi connectivity index (χ4n) is 2.77. The third-order valence-electron chi connectivity index (χ3n) is 4.04. The number of nitro benzene ring substituents is 1. The van der Waals surface area contributed by atoms with Gasteiger partial charge < -0.3 is 0 Å². The number of nitro groups is 1. The topological polar surface area (TPSA) is 83.8 Å². The number of carbonyl (C=O) groups is 2. The first-order chi connectivity index (χ1) is 12.3. The molecule has 3 rings (SSSR count). The van der Waals surface area contributed by atoms with Crippen molar-refractivity contribution < 1.29 is 18.9 Å². The summed E-state index contributed by atoms with van der Waals surface area (Å²) < 4.78 is 13.9. The molecule has 0 unspecified atom stereocenters. The highest BCUT2D eigenvalue weighted by Gasteiger charge is 2.37. The summed E-state index contributed by atoms with van der Waals surface area (Å²) in [4.78, 5) is 37.6. The second-order valence-electron chi connectivity index (χ2n) is 5.88. The maximum atomic E-state index is 13.9. The van der Waals surface area contributed by atoms with E-state index >= 15 is 0 Å². The number of hydrogen-bond donors (Lipinski definition) is 0. The number of non-ortho nitro benzene ring substituents is 1. The Bertz CT molecular complexity index is 914. The quantitative estimate of drug-likeness (QED) is 0.454. The number of carbonyl (C=O) groups excluding carboxylic acids is 2. The smallest absolute Gasteiger partial charge is 0.270 e. The summed E-state index contributed by atoms with van der Waals surface area (Å²) in [6.07, 6.45) is 0. The lowest BCUT2D eigenvalue weighted by Gasteiger charge is -2.23. The summed E-state index contributed by atoms with van der Waals surface area (Å²) >= 11 is 5.99. The lowest BCUT2D eigenvalue weighted by atomic mass is 10.1. The van der Waals surface area contributed by atoms with Crippen LogP contribution in [0.3, 0.4) is 0 Å². The number of benzene rings is 2. The number of fused-ring (bicyclic) bond motifs is 1. The lowest BCUT2D eigenvalue weighted by molar-refractivity contribution is -0.384. The number of rotatable bonds is 5. The van der Waals surface area contributed by atoms with Gasteiger partial charge in [-0.15, -0.1) is 0 Å². The van der Waals surface area contributed by atoms with E-state index in [1.807, 2.05) is 0 Å². The molecule has 0 aromatic heterocycles. The van der Waals surface area contributed by atoms with Gasteiger partial charge in [0.25, 0.3) is 17.5 Å². The zero-order chi connectivity index (χ0) is 19.0. The monoisotopic (exact) mass is 377 g/mol. The van der Waals surface area contributed by atoms with Crippen LogP contribution in [0.5, 0.6) is 0 Å². The molecular formula is C17H13ClFN3O4. The molecular weight excluding hydrogens is 365 g/mol. The summed E-state index contributed by atoms with van der Waals surface area (Å²) in [6, 6.07) is 7.84. The molecule has 9 heteroatoms. The molecule has 134 valence electrons. The Morgan fingerprint density at radius 2 is 1.88 bits per heavy atom. The van der Waals surface area contributed by atoms with Gasteiger partial charge >= 0.3 is 0 Å². The van der Waals surface area contributed by atoms with Crippen LogP contribution in [0.25, 0.3) is 0 Å². The molecule has 0 bridgehead atoms. The van der Waals surface area contributed by atoms with Crippen molar-refractivity contribution in [2.45, 2.75) is 6.54 Å². The van der Waals surface area contributed by atoms with Crippen LogP contribution in [0, 0.1) is 15.9 Å². The normalized spacial score (nSPS) is 13.5. The first kappa shape index (κ1) is 18.0. The van der Waals surface area contributed by atoms with Crippen molar-refractivity contribution in [1.82, 2.24) is 9.80 Å². The fourth-order valence-corrected chi connectivity index (χ4v) is 2.99. The predicted molar refractivity (Wildman–Crippen MR) is 91.3 cm³/mol. The minimum Gasteiger partial charge on any atom is -0.284 e. The van der Waals surface area contributed by atoms with Gasteiger partial charge in [-0.1, -0.05) is 17.7 Å². The van der Waals surface area contributed by atoms with E-state index < -0.39 is 22.6 Å². The molecule has 0 saturated carbocycles. The Labute approximate surface area is 152 Å². The minimum absolute atomic E-state index is 0.0125. The molecule has 0 atom stereocenters. The van der Waals surface area contributed by atoms with E-state index in [9.17, 15) is 24.1 Å². The summed E-state index contributed by atoms with van der Waals surface area (Å²) in [6.45, 7) is -0.0239. The Balaban J connectivity index is 1.79. The number of imide groups is 1. The number of halogens is 2. The molecule has 0 aliphatic carbocycles. The van der Waals surface area contributed by atoms with Crippen LogP contribution in [-0.4, -0.2) is 40.3 Å². The largest absolute Gasteiger partial charge is 0.284 e. The maximum Gasteiger partial charge on any atom is 0.270 e. The molecule has 0 saturated heterocycles. The molecule has 26 heavy (non-hydrogen) atoms.